The first-order valence-electron chi connectivity index (χ1n) is 10.7. The maximum atomic E-state index is 12.7. The molecule has 0 atom stereocenters. The second-order valence-corrected chi connectivity index (χ2v) is 9.52. The van der Waals surface area contributed by atoms with Crippen molar-refractivity contribution >= 4 is 27.3 Å². The van der Waals surface area contributed by atoms with Gasteiger partial charge in [-0.2, -0.15) is 4.98 Å². The molecule has 0 fully saturated rings. The zero-order chi connectivity index (χ0) is 25.2. The van der Waals surface area contributed by atoms with Crippen LogP contribution in [0.3, 0.4) is 0 Å². The molecule has 11 heteroatoms. The monoisotopic (exact) mass is 492 g/mol. The summed E-state index contributed by atoms with van der Waals surface area (Å²) in [6.07, 6.45) is 1.70. The third kappa shape index (κ3) is 5.64. The first kappa shape index (κ1) is 23.9. The Morgan fingerprint density at radius 3 is 2.20 bits per heavy atom. The first-order chi connectivity index (χ1) is 16.6. The summed E-state index contributed by atoms with van der Waals surface area (Å²) in [4.78, 5) is 24.3. The van der Waals surface area contributed by atoms with Gasteiger partial charge in [0.25, 0.3) is 10.0 Å². The lowest BCUT2D eigenvalue weighted by Gasteiger charge is -2.11. The predicted molar refractivity (Wildman–Crippen MR) is 131 cm³/mol. The van der Waals surface area contributed by atoms with Gasteiger partial charge >= 0.3 is 0 Å². The molecule has 0 unspecified atom stereocenters. The number of hydrogen-bond acceptors (Lipinski definition) is 7. The summed E-state index contributed by atoms with van der Waals surface area (Å²) in [5.74, 6) is 1.78. The van der Waals surface area contributed by atoms with Crippen LogP contribution in [-0.4, -0.2) is 33.8 Å². The van der Waals surface area contributed by atoms with Gasteiger partial charge in [-0.1, -0.05) is 0 Å². The van der Waals surface area contributed by atoms with Crippen LogP contribution in [0.25, 0.3) is 5.82 Å². The van der Waals surface area contributed by atoms with Crippen molar-refractivity contribution < 1.29 is 17.9 Å². The van der Waals surface area contributed by atoms with Crippen molar-refractivity contribution in [2.24, 2.45) is 0 Å². The van der Waals surface area contributed by atoms with Crippen molar-refractivity contribution in [1.29, 1.82) is 0 Å². The number of nitrogens with zero attached hydrogens (tertiary/aromatic N) is 4. The first-order valence-corrected chi connectivity index (χ1v) is 12.1. The number of ether oxygens (including phenoxy) is 1. The van der Waals surface area contributed by atoms with Gasteiger partial charge in [0.1, 0.15) is 23.7 Å². The molecule has 0 saturated carbocycles. The maximum absolute atomic E-state index is 12.7. The minimum atomic E-state index is -3.81. The minimum Gasteiger partial charge on any atom is -0.439 e. The predicted octanol–water partition coefficient (Wildman–Crippen LogP) is 4.14. The number of imidazole rings is 1. The average molecular weight is 493 g/mol. The molecule has 2 heterocycles. The highest BCUT2D eigenvalue weighted by molar-refractivity contribution is 7.92. The summed E-state index contributed by atoms with van der Waals surface area (Å²) in [6, 6.07) is 14.1. The maximum Gasteiger partial charge on any atom is 0.261 e. The van der Waals surface area contributed by atoms with E-state index in [1.807, 2.05) is 18.4 Å². The van der Waals surface area contributed by atoms with Crippen LogP contribution in [0, 0.1) is 20.8 Å². The van der Waals surface area contributed by atoms with E-state index in [-0.39, 0.29) is 10.8 Å². The Labute approximate surface area is 203 Å². The van der Waals surface area contributed by atoms with E-state index in [2.05, 4.69) is 25.0 Å². The van der Waals surface area contributed by atoms with Gasteiger partial charge < -0.3 is 10.1 Å². The molecule has 1 amide bonds. The Morgan fingerprint density at radius 1 is 0.943 bits per heavy atom. The standard InChI is InChI=1S/C24H24N6O4S/c1-15-16(2)30(14-25-15)23-13-24(27-17(3)26-23)34-21-9-5-20(6-10-21)29-35(32,33)22-11-7-19(8-12-22)28-18(4)31/h5-14,29H,1-4H3,(H,28,31). The van der Waals surface area contributed by atoms with Crippen molar-refractivity contribution in [1.82, 2.24) is 19.5 Å². The molecule has 180 valence electrons. The number of hydrogen-bond donors (Lipinski definition) is 2. The third-order valence-electron chi connectivity index (χ3n) is 5.11. The Hall–Kier alpha value is -4.25. The van der Waals surface area contributed by atoms with Crippen LogP contribution in [-0.2, 0) is 14.8 Å². The number of carbonyl (C=O) groups is 1. The van der Waals surface area contributed by atoms with Crippen molar-refractivity contribution in [2.45, 2.75) is 32.6 Å². The molecule has 0 saturated heterocycles. The number of rotatable bonds is 7. The van der Waals surface area contributed by atoms with Crippen LogP contribution in [0.1, 0.15) is 24.1 Å². The lowest BCUT2D eigenvalue weighted by molar-refractivity contribution is -0.114. The van der Waals surface area contributed by atoms with Crippen LogP contribution in [0.4, 0.5) is 11.4 Å². The lowest BCUT2D eigenvalue weighted by atomic mass is 10.3. The summed E-state index contributed by atoms with van der Waals surface area (Å²) >= 11 is 0. The number of amides is 1. The minimum absolute atomic E-state index is 0.0703. The summed E-state index contributed by atoms with van der Waals surface area (Å²) in [6.45, 7) is 7.04. The molecule has 0 aliphatic carbocycles. The lowest BCUT2D eigenvalue weighted by Crippen LogP contribution is -2.13. The smallest absolute Gasteiger partial charge is 0.261 e. The number of anilines is 2. The van der Waals surface area contributed by atoms with E-state index in [4.69, 9.17) is 4.74 Å². The summed E-state index contributed by atoms with van der Waals surface area (Å²) in [7, 11) is -3.81. The molecule has 2 aromatic carbocycles. The number of carbonyl (C=O) groups excluding carboxylic acids is 1. The summed E-state index contributed by atoms with van der Waals surface area (Å²) in [5, 5.41) is 2.60. The van der Waals surface area contributed by atoms with Crippen LogP contribution in [0.15, 0.2) is 65.8 Å². The van der Waals surface area contributed by atoms with Crippen molar-refractivity contribution in [3.63, 3.8) is 0 Å². The number of sulfonamides is 1. The van der Waals surface area contributed by atoms with E-state index in [1.165, 1.54) is 31.2 Å². The molecule has 0 aliphatic heterocycles. The molecule has 0 aliphatic rings. The molecule has 10 nitrogen and oxygen atoms in total. The van der Waals surface area contributed by atoms with Gasteiger partial charge in [-0.3, -0.25) is 14.1 Å². The van der Waals surface area contributed by atoms with Gasteiger partial charge in [-0.15, -0.1) is 0 Å². The van der Waals surface area contributed by atoms with Gasteiger partial charge in [-0.05, 0) is 69.3 Å². The Bertz CT molecular complexity index is 1480. The molecule has 4 aromatic rings. The van der Waals surface area contributed by atoms with E-state index >= 15 is 0 Å². The quantitative estimate of drug-likeness (QED) is 0.397. The topological polar surface area (TPSA) is 128 Å². The van der Waals surface area contributed by atoms with Gasteiger partial charge in [-0.25, -0.2) is 18.4 Å². The molecular formula is C24H24N6O4S. The van der Waals surface area contributed by atoms with E-state index in [0.717, 1.165) is 11.4 Å². The van der Waals surface area contributed by atoms with Gasteiger partial charge in [0.15, 0.2) is 0 Å². The normalized spacial score (nSPS) is 11.2. The van der Waals surface area contributed by atoms with Crippen LogP contribution < -0.4 is 14.8 Å². The van der Waals surface area contributed by atoms with Gasteiger partial charge in [0.05, 0.1) is 10.6 Å². The third-order valence-corrected chi connectivity index (χ3v) is 6.51. The Morgan fingerprint density at radius 2 is 1.60 bits per heavy atom. The van der Waals surface area contributed by atoms with Crippen LogP contribution in [0.5, 0.6) is 11.6 Å². The van der Waals surface area contributed by atoms with E-state index in [1.54, 1.807) is 43.6 Å². The zero-order valence-electron chi connectivity index (χ0n) is 19.6. The highest BCUT2D eigenvalue weighted by atomic mass is 32.2. The molecule has 4 rings (SSSR count). The molecule has 2 N–H and O–H groups in total. The van der Waals surface area contributed by atoms with Gasteiger partial charge in [0, 0.05) is 30.1 Å². The second kappa shape index (κ2) is 9.55. The SMILES string of the molecule is CC(=O)Nc1ccc(S(=O)(=O)Nc2ccc(Oc3cc(-n4cnc(C)c4C)nc(C)n3)cc2)cc1. The van der Waals surface area contributed by atoms with E-state index in [0.29, 0.717) is 34.6 Å². The molecule has 0 radical (unpaired) electrons. The number of aromatic nitrogens is 4. The summed E-state index contributed by atoms with van der Waals surface area (Å²) < 4.78 is 35.7. The van der Waals surface area contributed by atoms with Crippen molar-refractivity contribution in [3.8, 4) is 17.4 Å². The highest BCUT2D eigenvalue weighted by Crippen LogP contribution is 2.25. The van der Waals surface area contributed by atoms with E-state index in [9.17, 15) is 13.2 Å². The van der Waals surface area contributed by atoms with Crippen LogP contribution >= 0.6 is 0 Å². The summed E-state index contributed by atoms with van der Waals surface area (Å²) in [5.41, 5.74) is 2.76. The largest absolute Gasteiger partial charge is 0.439 e. The van der Waals surface area contributed by atoms with Gasteiger partial charge in [0.2, 0.25) is 11.8 Å². The molecular weight excluding hydrogens is 468 g/mol. The number of aryl methyl sites for hydroxylation is 2. The van der Waals surface area contributed by atoms with Crippen LogP contribution in [0.2, 0.25) is 0 Å². The molecule has 0 spiro atoms. The highest BCUT2D eigenvalue weighted by Gasteiger charge is 2.15. The number of benzene rings is 2. The second-order valence-electron chi connectivity index (χ2n) is 7.83. The Balaban J connectivity index is 1.48. The fourth-order valence-corrected chi connectivity index (χ4v) is 4.34. The molecule has 0 bridgehead atoms. The molecule has 2 aromatic heterocycles. The zero-order valence-corrected chi connectivity index (χ0v) is 20.4. The van der Waals surface area contributed by atoms with E-state index < -0.39 is 10.0 Å². The fraction of sp³-hybridized carbons (Fsp3) is 0.167. The fourth-order valence-electron chi connectivity index (χ4n) is 3.28. The van der Waals surface area contributed by atoms with Crippen molar-refractivity contribution in [2.75, 3.05) is 10.0 Å². The van der Waals surface area contributed by atoms with Crippen molar-refractivity contribution in [3.05, 3.63) is 78.1 Å². The molecule has 35 heavy (non-hydrogen) atoms. The number of nitrogens with one attached hydrogen (secondary N) is 2. The average Bonchev–Trinajstić information content (AvgIpc) is 3.13. The Kier molecular flexibility index (Phi) is 6.52.